The molecule has 2 amide bonds. The number of carbonyl (C=O) groups is 16. The molecule has 4 unspecified atom stereocenters. The summed E-state index contributed by atoms with van der Waals surface area (Å²) in [5.41, 5.74) is -7.39. The Labute approximate surface area is 713 Å². The quantitative estimate of drug-likeness (QED) is 0.0325. The van der Waals surface area contributed by atoms with E-state index in [9.17, 15) is 76.7 Å². The molecule has 34 heteroatoms. The minimum absolute atomic E-state index is 0.0519. The molecule has 2 aliphatic rings. The van der Waals surface area contributed by atoms with Gasteiger partial charge in [0.2, 0.25) is 0 Å². The van der Waals surface area contributed by atoms with Crippen molar-refractivity contribution in [1.29, 1.82) is 0 Å². The first kappa shape index (κ1) is 108. The maximum absolute atomic E-state index is 13.6. The van der Waals surface area contributed by atoms with Gasteiger partial charge in [0.1, 0.15) is 127 Å². The van der Waals surface area contributed by atoms with Gasteiger partial charge in [-0.15, -0.1) is 0 Å². The van der Waals surface area contributed by atoms with Crippen LogP contribution in [0, 0.1) is 55.2 Å². The van der Waals surface area contributed by atoms with E-state index in [0.717, 1.165) is 36.5 Å². The Hall–Kier alpha value is -12.0. The molecule has 4 atom stereocenters. The summed E-state index contributed by atoms with van der Waals surface area (Å²) in [5, 5.41) is 5.52. The molecular formula is C88H122N2O32. The second-order valence-corrected chi connectivity index (χ2v) is 33.5. The maximum Gasteiger partial charge on any atom is 0.407 e. The number of esters is 14. The van der Waals surface area contributed by atoms with Gasteiger partial charge in [-0.05, 0) is 114 Å². The summed E-state index contributed by atoms with van der Waals surface area (Å²) in [6, 6.07) is 0. The van der Waals surface area contributed by atoms with Crippen molar-refractivity contribution in [1.82, 2.24) is 10.6 Å². The number of hydrogen-bond donors (Lipinski definition) is 2. The van der Waals surface area contributed by atoms with Gasteiger partial charge >= 0.3 is 95.8 Å². The van der Waals surface area contributed by atoms with E-state index < -0.39 is 234 Å². The average Bonchev–Trinajstić information content (AvgIpc) is 0.800. The number of ether oxygens (including phenoxy) is 16. The zero-order valence-corrected chi connectivity index (χ0v) is 72.6. The van der Waals surface area contributed by atoms with Crippen molar-refractivity contribution < 1.29 is 153 Å². The number of alkyl carbamates (subject to hydrolysis) is 2. The van der Waals surface area contributed by atoms with Crippen LogP contribution in [0.15, 0.2) is 149 Å². The molecule has 0 spiro atoms. The molecule has 0 aromatic heterocycles. The number of nitrogens with one attached hydrogen (secondary N) is 2. The third-order valence-corrected chi connectivity index (χ3v) is 18.7. The summed E-state index contributed by atoms with van der Waals surface area (Å²) in [6.45, 7) is 54.4. The maximum atomic E-state index is 13.6. The van der Waals surface area contributed by atoms with Gasteiger partial charge in [-0.25, -0.2) is 67.1 Å². The lowest BCUT2D eigenvalue weighted by atomic mass is 9.60. The van der Waals surface area contributed by atoms with Crippen LogP contribution in [0.5, 0.6) is 0 Å². The van der Waals surface area contributed by atoms with Gasteiger partial charge in [0.05, 0.1) is 0 Å². The summed E-state index contributed by atoms with van der Waals surface area (Å²) >= 11 is 0. The highest BCUT2D eigenvalue weighted by molar-refractivity contribution is 5.90. The summed E-state index contributed by atoms with van der Waals surface area (Å²) in [7, 11) is 0. The molecule has 0 heterocycles. The molecule has 122 heavy (non-hydrogen) atoms. The SMILES string of the molecule is C=C(C)C(=O)OCC(COC(=O)CC1CC(C)(C)CC(C)(CNC(=O)OCC(COC(=O)C(=C)C)(COC(=O)C(=C)C)COC(=O)C(=C)C)C1)(COC(=O)C(=C)C)COC(=O)C(=C)C.C=CC(=O)OCC(COC(=O)C=C)(COC(=O)C=C)COC(=O)CC1CC(C)(C)CC(C)(CNC(=O)OCC(COC(=O)C=C)(COC(=O)C=C)COC(=O)C=C)C1. The number of hydrogen-bond acceptors (Lipinski definition) is 32. The van der Waals surface area contributed by atoms with Gasteiger partial charge < -0.3 is 86.4 Å². The van der Waals surface area contributed by atoms with Crippen molar-refractivity contribution in [2.75, 3.05) is 119 Å². The van der Waals surface area contributed by atoms with Crippen LogP contribution in [0.3, 0.4) is 0 Å². The van der Waals surface area contributed by atoms with E-state index in [4.69, 9.17) is 75.8 Å². The zero-order chi connectivity index (χ0) is 93.2. The Bertz CT molecular complexity index is 3680. The highest BCUT2D eigenvalue weighted by Crippen LogP contribution is 2.51. The highest BCUT2D eigenvalue weighted by Gasteiger charge is 2.47. The van der Waals surface area contributed by atoms with E-state index in [1.807, 2.05) is 41.5 Å². The molecule has 0 radical (unpaired) electrons. The Morgan fingerprint density at radius 3 is 0.631 bits per heavy atom. The van der Waals surface area contributed by atoms with Crippen molar-refractivity contribution in [2.24, 2.45) is 55.2 Å². The predicted octanol–water partition coefficient (Wildman–Crippen LogP) is 9.99. The molecule has 2 rings (SSSR count). The third kappa shape index (κ3) is 41.8. The minimum atomic E-state index is -1.55. The summed E-state index contributed by atoms with van der Waals surface area (Å²) in [5.74, 6) is -11.4. The Morgan fingerprint density at radius 1 is 0.279 bits per heavy atom. The van der Waals surface area contributed by atoms with Crippen LogP contribution in [-0.2, 0) is 143 Å². The minimum Gasteiger partial charge on any atom is -0.465 e. The highest BCUT2D eigenvalue weighted by atomic mass is 16.6. The number of rotatable bonds is 52. The molecule has 0 bridgehead atoms. The van der Waals surface area contributed by atoms with E-state index in [2.05, 4.69) is 89.6 Å². The fourth-order valence-electron chi connectivity index (χ4n) is 13.2. The monoisotopic (exact) mass is 1720 g/mol. The van der Waals surface area contributed by atoms with Crippen LogP contribution in [-0.4, -0.2) is 215 Å². The Kier molecular flexibility index (Phi) is 45.1. The van der Waals surface area contributed by atoms with E-state index in [0.29, 0.717) is 38.5 Å². The lowest BCUT2D eigenvalue weighted by molar-refractivity contribution is -0.170. The largest absolute Gasteiger partial charge is 0.465 e. The third-order valence-electron chi connectivity index (χ3n) is 18.7. The zero-order valence-electron chi connectivity index (χ0n) is 72.6. The molecule has 2 N–H and O–H groups in total. The fraction of sp³-hybridized carbons (Fsp3) is 0.545. The second-order valence-electron chi connectivity index (χ2n) is 33.5. The molecule has 0 saturated heterocycles. The second kappa shape index (κ2) is 50.9. The van der Waals surface area contributed by atoms with Crippen LogP contribution < -0.4 is 10.6 Å². The summed E-state index contributed by atoms with van der Waals surface area (Å²) in [6.07, 6.45) is 7.00. The van der Waals surface area contributed by atoms with Crippen LogP contribution in [0.2, 0.25) is 0 Å². The van der Waals surface area contributed by atoms with Crippen molar-refractivity contribution >= 4 is 95.8 Å². The average molecular weight is 1720 g/mol. The van der Waals surface area contributed by atoms with E-state index in [1.54, 1.807) is 0 Å². The van der Waals surface area contributed by atoms with E-state index in [-0.39, 0.29) is 82.0 Å². The molecular weight excluding hydrogens is 1600 g/mol. The molecule has 0 aromatic rings. The first-order valence-corrected chi connectivity index (χ1v) is 38.5. The normalized spacial score (nSPS) is 16.8. The molecule has 676 valence electrons. The lowest BCUT2D eigenvalue weighted by Crippen LogP contribution is -2.47. The Balaban J connectivity index is 0.00000123. The Morgan fingerprint density at radius 2 is 0.451 bits per heavy atom. The van der Waals surface area contributed by atoms with E-state index in [1.165, 1.54) is 41.5 Å². The topological polar surface area (TPSA) is 445 Å². The molecule has 0 aromatic carbocycles. The van der Waals surface area contributed by atoms with Gasteiger partial charge in [-0.1, -0.05) is 120 Å². The van der Waals surface area contributed by atoms with Crippen molar-refractivity contribution in [3.8, 4) is 0 Å². The number of amides is 2. The van der Waals surface area contributed by atoms with Crippen LogP contribution in [0.1, 0.15) is 134 Å². The first-order valence-electron chi connectivity index (χ1n) is 38.5. The van der Waals surface area contributed by atoms with Gasteiger partial charge in [0, 0.05) is 95.8 Å². The van der Waals surface area contributed by atoms with Crippen LogP contribution in [0.25, 0.3) is 0 Å². The molecule has 0 aliphatic heterocycles. The molecule has 34 nitrogen and oxygen atoms in total. The van der Waals surface area contributed by atoms with Crippen LogP contribution >= 0.6 is 0 Å². The van der Waals surface area contributed by atoms with E-state index >= 15 is 0 Å². The smallest absolute Gasteiger partial charge is 0.407 e. The predicted molar refractivity (Wildman–Crippen MR) is 440 cm³/mol. The van der Waals surface area contributed by atoms with Crippen LogP contribution in [0.4, 0.5) is 9.59 Å². The van der Waals surface area contributed by atoms with Gasteiger partial charge in [-0.3, -0.25) is 9.59 Å². The van der Waals surface area contributed by atoms with Gasteiger partial charge in [-0.2, -0.15) is 0 Å². The lowest BCUT2D eigenvalue weighted by Gasteiger charge is -2.46. The van der Waals surface area contributed by atoms with Crippen molar-refractivity contribution in [3.05, 3.63) is 149 Å². The molecule has 2 saturated carbocycles. The van der Waals surface area contributed by atoms with Gasteiger partial charge in [0.25, 0.3) is 0 Å². The standard InChI is InChI=1S/C47H67NO16.C41H55NO16/c1-29(2)37(50)58-22-46(23-59-38(51)30(3)4,24-60-39(52)31(5)6)21-57-36(49)16-35-17-44(13,14)19-45(15,18-35)20-48-43(56)64-28-47(25-61-40(53)32(7)8,26-62-41(54)33(9)10)27-63-42(55)34(11)12;1-10-30(43)51-21-40(22-52-31(44)11-2,23-53-32(45)12-3)27-57-36(49)16-29-17-38(7,8)19-39(9,18-29)20-42-37(50)58-28-41(24-54-33(46)13-4,25-55-34(47)14-5)26-56-35(48)15-6/h35H,1,3,5,7,9,11,16-28H2,2,4,6,8,10,12-15H3,(H,48,56);10-15,29H,1-6,16-28H2,7-9H3,(H,42,50). The number of carbonyl (C=O) groups excluding carboxylic acids is 16. The summed E-state index contributed by atoms with van der Waals surface area (Å²) < 4.78 is 85.8. The first-order chi connectivity index (χ1) is 56.7. The van der Waals surface area contributed by atoms with Crippen molar-refractivity contribution in [2.45, 2.75) is 134 Å². The molecule has 2 fully saturated rings. The molecule has 2 aliphatic carbocycles. The van der Waals surface area contributed by atoms with Crippen molar-refractivity contribution in [3.63, 3.8) is 0 Å². The fourth-order valence-corrected chi connectivity index (χ4v) is 13.2. The summed E-state index contributed by atoms with van der Waals surface area (Å²) in [4.78, 5) is 199. The van der Waals surface area contributed by atoms with Gasteiger partial charge in [0.15, 0.2) is 0 Å².